The average Bonchev–Trinajstić information content (AvgIpc) is 2.06. The van der Waals surface area contributed by atoms with E-state index in [-0.39, 0.29) is 11.6 Å². The maximum Gasteiger partial charge on any atom is 0.0671 e. The van der Waals surface area contributed by atoms with E-state index in [0.717, 1.165) is 32.7 Å². The highest BCUT2D eigenvalue weighted by Gasteiger charge is 2.42. The van der Waals surface area contributed by atoms with E-state index in [4.69, 9.17) is 4.74 Å². The third kappa shape index (κ3) is 1.60. The summed E-state index contributed by atoms with van der Waals surface area (Å²) in [5.41, 5.74) is 0.258. The van der Waals surface area contributed by atoms with Crippen LogP contribution in [0.1, 0.15) is 20.3 Å². The lowest BCUT2D eigenvalue weighted by Gasteiger charge is -2.50. The molecule has 0 unspecified atom stereocenters. The van der Waals surface area contributed by atoms with Crippen molar-refractivity contribution in [2.45, 2.75) is 31.9 Å². The van der Waals surface area contributed by atoms with Crippen LogP contribution in [0, 0.1) is 5.92 Å². The zero-order valence-electron chi connectivity index (χ0n) is 8.49. The second-order valence-corrected chi connectivity index (χ2v) is 4.77. The SMILES string of the molecule is C[C@H]1CN(C2(C)COC2)CC[C@H]1O. The number of hydrogen-bond acceptors (Lipinski definition) is 3. The minimum atomic E-state index is -0.0964. The molecule has 2 saturated heterocycles. The zero-order chi connectivity index (χ0) is 9.47. The number of rotatable bonds is 1. The molecule has 0 aromatic rings. The van der Waals surface area contributed by atoms with E-state index in [1.165, 1.54) is 0 Å². The molecule has 2 rings (SSSR count). The second kappa shape index (κ2) is 3.23. The number of likely N-dealkylation sites (tertiary alicyclic amines) is 1. The minimum absolute atomic E-state index is 0.0964. The summed E-state index contributed by atoms with van der Waals surface area (Å²) in [6.45, 7) is 8.12. The minimum Gasteiger partial charge on any atom is -0.393 e. The average molecular weight is 185 g/mol. The largest absolute Gasteiger partial charge is 0.393 e. The highest BCUT2D eigenvalue weighted by atomic mass is 16.5. The zero-order valence-corrected chi connectivity index (χ0v) is 8.49. The molecule has 2 heterocycles. The number of hydrogen-bond donors (Lipinski definition) is 1. The molecule has 1 N–H and O–H groups in total. The van der Waals surface area contributed by atoms with Gasteiger partial charge in [-0.25, -0.2) is 0 Å². The van der Waals surface area contributed by atoms with Gasteiger partial charge in [-0.15, -0.1) is 0 Å². The van der Waals surface area contributed by atoms with Crippen LogP contribution in [0.15, 0.2) is 0 Å². The number of aliphatic hydroxyl groups is 1. The van der Waals surface area contributed by atoms with Crippen molar-refractivity contribution in [3.63, 3.8) is 0 Å². The maximum atomic E-state index is 9.59. The van der Waals surface area contributed by atoms with Gasteiger partial charge in [0.15, 0.2) is 0 Å². The van der Waals surface area contributed by atoms with Gasteiger partial charge in [0.1, 0.15) is 0 Å². The molecule has 0 aliphatic carbocycles. The Morgan fingerprint density at radius 2 is 2.15 bits per heavy atom. The van der Waals surface area contributed by atoms with Gasteiger partial charge in [0.2, 0.25) is 0 Å². The van der Waals surface area contributed by atoms with Crippen LogP contribution in [-0.4, -0.2) is 48.0 Å². The van der Waals surface area contributed by atoms with Crippen LogP contribution < -0.4 is 0 Å². The van der Waals surface area contributed by atoms with E-state index in [1.54, 1.807) is 0 Å². The number of aliphatic hydroxyl groups excluding tert-OH is 1. The van der Waals surface area contributed by atoms with Gasteiger partial charge < -0.3 is 9.84 Å². The van der Waals surface area contributed by atoms with Crippen LogP contribution in [-0.2, 0) is 4.74 Å². The van der Waals surface area contributed by atoms with Gasteiger partial charge in [0, 0.05) is 13.1 Å². The first kappa shape index (κ1) is 9.44. The number of piperidine rings is 1. The molecule has 13 heavy (non-hydrogen) atoms. The van der Waals surface area contributed by atoms with Gasteiger partial charge in [-0.05, 0) is 19.3 Å². The van der Waals surface area contributed by atoms with Crippen molar-refractivity contribution < 1.29 is 9.84 Å². The van der Waals surface area contributed by atoms with E-state index in [1.807, 2.05) is 0 Å². The molecular formula is C10H19NO2. The molecule has 76 valence electrons. The van der Waals surface area contributed by atoms with Gasteiger partial charge >= 0.3 is 0 Å². The first-order chi connectivity index (χ1) is 6.12. The normalized spacial score (nSPS) is 39.9. The van der Waals surface area contributed by atoms with Crippen molar-refractivity contribution in [3.8, 4) is 0 Å². The standard InChI is InChI=1S/C10H19NO2/c1-8-5-11(4-3-9(8)12)10(2)6-13-7-10/h8-9,12H,3-7H2,1-2H3/t8-,9+/m0/s1. The molecular weight excluding hydrogens is 166 g/mol. The predicted octanol–water partition coefficient (Wildman–Crippen LogP) is 0.478. The number of ether oxygens (including phenoxy) is 1. The smallest absolute Gasteiger partial charge is 0.0671 e. The Bertz CT molecular complexity index is 191. The van der Waals surface area contributed by atoms with E-state index in [9.17, 15) is 5.11 Å². The molecule has 2 aliphatic heterocycles. The Morgan fingerprint density at radius 1 is 1.46 bits per heavy atom. The molecule has 2 fully saturated rings. The second-order valence-electron chi connectivity index (χ2n) is 4.77. The summed E-state index contributed by atoms with van der Waals surface area (Å²) < 4.78 is 5.25. The van der Waals surface area contributed by atoms with Gasteiger partial charge in [-0.2, -0.15) is 0 Å². The summed E-state index contributed by atoms with van der Waals surface area (Å²) in [7, 11) is 0. The monoisotopic (exact) mass is 185 g/mol. The predicted molar refractivity (Wildman–Crippen MR) is 50.6 cm³/mol. The van der Waals surface area contributed by atoms with E-state index < -0.39 is 0 Å². The Kier molecular flexibility index (Phi) is 2.34. The van der Waals surface area contributed by atoms with E-state index in [0.29, 0.717) is 5.92 Å². The molecule has 2 atom stereocenters. The quantitative estimate of drug-likeness (QED) is 0.645. The molecule has 0 bridgehead atoms. The van der Waals surface area contributed by atoms with Gasteiger partial charge in [0.05, 0.1) is 24.9 Å². The van der Waals surface area contributed by atoms with Crippen LogP contribution in [0.4, 0.5) is 0 Å². The summed E-state index contributed by atoms with van der Waals surface area (Å²) in [5.74, 6) is 0.408. The Balaban J connectivity index is 1.94. The highest BCUT2D eigenvalue weighted by Crippen LogP contribution is 2.29. The van der Waals surface area contributed by atoms with E-state index >= 15 is 0 Å². The Hall–Kier alpha value is -0.120. The van der Waals surface area contributed by atoms with Crippen molar-refractivity contribution in [1.29, 1.82) is 0 Å². The fraction of sp³-hybridized carbons (Fsp3) is 1.00. The lowest BCUT2D eigenvalue weighted by Crippen LogP contribution is -2.63. The fourth-order valence-corrected chi connectivity index (χ4v) is 2.20. The molecule has 2 aliphatic rings. The molecule has 0 spiro atoms. The number of nitrogens with zero attached hydrogens (tertiary/aromatic N) is 1. The summed E-state index contributed by atoms with van der Waals surface area (Å²) in [4.78, 5) is 2.47. The molecule has 0 saturated carbocycles. The maximum absolute atomic E-state index is 9.59. The van der Waals surface area contributed by atoms with Gasteiger partial charge in [-0.1, -0.05) is 6.92 Å². The Labute approximate surface area is 79.7 Å². The third-order valence-electron chi connectivity index (χ3n) is 3.45. The van der Waals surface area contributed by atoms with Crippen LogP contribution in [0.5, 0.6) is 0 Å². The third-order valence-corrected chi connectivity index (χ3v) is 3.45. The van der Waals surface area contributed by atoms with Crippen LogP contribution >= 0.6 is 0 Å². The summed E-state index contributed by atoms with van der Waals surface area (Å²) in [6, 6.07) is 0. The van der Waals surface area contributed by atoms with E-state index in [2.05, 4.69) is 18.7 Å². The van der Waals surface area contributed by atoms with Crippen LogP contribution in [0.2, 0.25) is 0 Å². The van der Waals surface area contributed by atoms with Gasteiger partial charge in [0.25, 0.3) is 0 Å². The van der Waals surface area contributed by atoms with Crippen molar-refractivity contribution in [2.24, 2.45) is 5.92 Å². The lowest BCUT2D eigenvalue weighted by atomic mass is 9.89. The fourth-order valence-electron chi connectivity index (χ4n) is 2.20. The molecule has 0 aromatic carbocycles. The molecule has 0 amide bonds. The Morgan fingerprint density at radius 3 is 2.62 bits per heavy atom. The topological polar surface area (TPSA) is 32.7 Å². The molecule has 3 nitrogen and oxygen atoms in total. The lowest BCUT2D eigenvalue weighted by molar-refractivity contribution is -0.149. The summed E-state index contributed by atoms with van der Waals surface area (Å²) >= 11 is 0. The summed E-state index contributed by atoms with van der Waals surface area (Å²) in [6.07, 6.45) is 0.817. The van der Waals surface area contributed by atoms with Gasteiger partial charge in [-0.3, -0.25) is 4.90 Å². The van der Waals surface area contributed by atoms with Crippen molar-refractivity contribution in [1.82, 2.24) is 4.90 Å². The highest BCUT2D eigenvalue weighted by molar-refractivity contribution is 4.95. The van der Waals surface area contributed by atoms with Crippen molar-refractivity contribution in [2.75, 3.05) is 26.3 Å². The van der Waals surface area contributed by atoms with Crippen LogP contribution in [0.3, 0.4) is 0 Å². The molecule has 3 heteroatoms. The first-order valence-corrected chi connectivity index (χ1v) is 5.13. The van der Waals surface area contributed by atoms with Crippen LogP contribution in [0.25, 0.3) is 0 Å². The summed E-state index contributed by atoms with van der Waals surface area (Å²) in [5, 5.41) is 9.59. The molecule has 0 radical (unpaired) electrons. The van der Waals surface area contributed by atoms with Crippen molar-refractivity contribution >= 4 is 0 Å². The molecule has 0 aromatic heterocycles. The van der Waals surface area contributed by atoms with Crippen molar-refractivity contribution in [3.05, 3.63) is 0 Å². The first-order valence-electron chi connectivity index (χ1n) is 5.13.